The molecule has 20 heavy (non-hydrogen) atoms. The molecular weight excluding hydrogens is 252 g/mol. The summed E-state index contributed by atoms with van der Waals surface area (Å²) in [4.78, 5) is 10.9. The molecule has 0 amide bonds. The summed E-state index contributed by atoms with van der Waals surface area (Å²) in [5, 5.41) is 3.44. The molecule has 1 aliphatic rings. The first-order valence-corrected chi connectivity index (χ1v) is 7.63. The maximum Gasteiger partial charge on any atom is 0.218 e. The molecule has 0 radical (unpaired) electrons. The lowest BCUT2D eigenvalue weighted by atomic mass is 9.97. The zero-order chi connectivity index (χ0) is 14.4. The second kappa shape index (κ2) is 7.43. The fraction of sp³-hybridized carbons (Fsp3) is 0.733. The molecule has 2 rings (SSSR count). The Labute approximate surface area is 121 Å². The standard InChI is InChI=1S/C15H26N4O/c1-4-16-10-13-5-7-19(8-6-13)14-9-15(18-11-17-14)20-12(2)3/h9,11-13,16H,4-8,10H2,1-3H3. The highest BCUT2D eigenvalue weighted by atomic mass is 16.5. The summed E-state index contributed by atoms with van der Waals surface area (Å²) in [7, 11) is 0. The van der Waals surface area contributed by atoms with Crippen molar-refractivity contribution in [1.29, 1.82) is 0 Å². The third-order valence-electron chi connectivity index (χ3n) is 3.61. The van der Waals surface area contributed by atoms with Crippen LogP contribution in [-0.2, 0) is 0 Å². The first-order chi connectivity index (χ1) is 9.69. The lowest BCUT2D eigenvalue weighted by molar-refractivity contribution is 0.232. The number of piperidine rings is 1. The Bertz CT molecular complexity index is 403. The Morgan fingerprint density at radius 3 is 2.75 bits per heavy atom. The molecule has 0 unspecified atom stereocenters. The number of aromatic nitrogens is 2. The SMILES string of the molecule is CCNCC1CCN(c2cc(OC(C)C)ncn2)CC1. The van der Waals surface area contributed by atoms with Crippen molar-refractivity contribution in [1.82, 2.24) is 15.3 Å². The van der Waals surface area contributed by atoms with E-state index in [9.17, 15) is 0 Å². The van der Waals surface area contributed by atoms with Crippen molar-refractivity contribution in [3.05, 3.63) is 12.4 Å². The van der Waals surface area contributed by atoms with Crippen molar-refractivity contribution in [3.8, 4) is 5.88 Å². The molecule has 1 fully saturated rings. The van der Waals surface area contributed by atoms with Gasteiger partial charge in [-0.3, -0.25) is 0 Å². The second-order valence-corrected chi connectivity index (χ2v) is 5.62. The summed E-state index contributed by atoms with van der Waals surface area (Å²) in [6, 6.07) is 1.95. The third kappa shape index (κ3) is 4.34. The first-order valence-electron chi connectivity index (χ1n) is 7.63. The van der Waals surface area contributed by atoms with Gasteiger partial charge in [0.05, 0.1) is 6.10 Å². The van der Waals surface area contributed by atoms with Crippen molar-refractivity contribution in [3.63, 3.8) is 0 Å². The van der Waals surface area contributed by atoms with Gasteiger partial charge in [0.1, 0.15) is 12.1 Å². The predicted molar refractivity (Wildman–Crippen MR) is 81.3 cm³/mol. The normalized spacial score (nSPS) is 16.7. The van der Waals surface area contributed by atoms with Gasteiger partial charge in [0.25, 0.3) is 0 Å². The summed E-state index contributed by atoms with van der Waals surface area (Å²) in [5.74, 6) is 2.44. The van der Waals surface area contributed by atoms with Crippen LogP contribution in [-0.4, -0.2) is 42.3 Å². The van der Waals surface area contributed by atoms with E-state index in [4.69, 9.17) is 4.74 Å². The van der Waals surface area contributed by atoms with Crippen molar-refractivity contribution >= 4 is 5.82 Å². The van der Waals surface area contributed by atoms with E-state index in [1.54, 1.807) is 6.33 Å². The molecule has 0 aliphatic carbocycles. The predicted octanol–water partition coefficient (Wildman–Crippen LogP) is 2.09. The number of nitrogens with one attached hydrogen (secondary N) is 1. The van der Waals surface area contributed by atoms with E-state index < -0.39 is 0 Å². The number of rotatable bonds is 6. The Kier molecular flexibility index (Phi) is 5.59. The number of hydrogen-bond acceptors (Lipinski definition) is 5. The number of nitrogens with zero attached hydrogens (tertiary/aromatic N) is 3. The molecule has 0 saturated carbocycles. The van der Waals surface area contributed by atoms with Crippen molar-refractivity contribution in [2.45, 2.75) is 39.7 Å². The molecule has 112 valence electrons. The average Bonchev–Trinajstić information content (AvgIpc) is 2.45. The Morgan fingerprint density at radius 1 is 1.35 bits per heavy atom. The maximum absolute atomic E-state index is 5.63. The monoisotopic (exact) mass is 278 g/mol. The van der Waals surface area contributed by atoms with E-state index in [-0.39, 0.29) is 6.10 Å². The van der Waals surface area contributed by atoms with Gasteiger partial charge in [0, 0.05) is 19.2 Å². The fourth-order valence-electron chi connectivity index (χ4n) is 2.52. The van der Waals surface area contributed by atoms with Gasteiger partial charge >= 0.3 is 0 Å². The van der Waals surface area contributed by atoms with Crippen LogP contribution in [0.2, 0.25) is 0 Å². The quantitative estimate of drug-likeness (QED) is 0.863. The maximum atomic E-state index is 5.63. The summed E-state index contributed by atoms with van der Waals surface area (Å²) in [6.45, 7) is 10.5. The molecule has 0 aromatic carbocycles. The topological polar surface area (TPSA) is 50.3 Å². The highest BCUT2D eigenvalue weighted by molar-refractivity contribution is 5.41. The molecule has 0 bridgehead atoms. The summed E-state index contributed by atoms with van der Waals surface area (Å²) < 4.78 is 5.63. The number of hydrogen-bond donors (Lipinski definition) is 1. The smallest absolute Gasteiger partial charge is 0.218 e. The lowest BCUT2D eigenvalue weighted by Crippen LogP contribution is -2.37. The van der Waals surface area contributed by atoms with Gasteiger partial charge in [-0.1, -0.05) is 6.92 Å². The van der Waals surface area contributed by atoms with E-state index in [1.807, 2.05) is 19.9 Å². The van der Waals surface area contributed by atoms with Crippen molar-refractivity contribution in [2.24, 2.45) is 5.92 Å². The van der Waals surface area contributed by atoms with Gasteiger partial charge in [-0.25, -0.2) is 9.97 Å². The van der Waals surface area contributed by atoms with Gasteiger partial charge < -0.3 is 15.0 Å². The number of anilines is 1. The van der Waals surface area contributed by atoms with Crippen molar-refractivity contribution < 1.29 is 4.74 Å². The molecule has 1 aromatic rings. The zero-order valence-electron chi connectivity index (χ0n) is 12.8. The van der Waals surface area contributed by atoms with Crippen LogP contribution in [0.25, 0.3) is 0 Å². The van der Waals surface area contributed by atoms with Crippen LogP contribution >= 0.6 is 0 Å². The minimum absolute atomic E-state index is 0.142. The third-order valence-corrected chi connectivity index (χ3v) is 3.61. The molecular formula is C15H26N4O. The molecule has 1 saturated heterocycles. The van der Waals surface area contributed by atoms with E-state index >= 15 is 0 Å². The van der Waals surface area contributed by atoms with Crippen LogP contribution in [0, 0.1) is 5.92 Å². The average molecular weight is 278 g/mol. The van der Waals surface area contributed by atoms with Gasteiger partial charge in [-0.2, -0.15) is 0 Å². The Morgan fingerprint density at radius 2 is 2.10 bits per heavy atom. The van der Waals surface area contributed by atoms with Crippen LogP contribution in [0.5, 0.6) is 5.88 Å². The van der Waals surface area contributed by atoms with E-state index in [1.165, 1.54) is 12.8 Å². The molecule has 0 atom stereocenters. The van der Waals surface area contributed by atoms with Crippen molar-refractivity contribution in [2.75, 3.05) is 31.1 Å². The molecule has 1 N–H and O–H groups in total. The van der Waals surface area contributed by atoms with Crippen LogP contribution < -0.4 is 15.0 Å². The van der Waals surface area contributed by atoms with Crippen LogP contribution in [0.15, 0.2) is 12.4 Å². The molecule has 1 aromatic heterocycles. The molecule has 5 heteroatoms. The first kappa shape index (κ1) is 15.0. The minimum Gasteiger partial charge on any atom is -0.475 e. The minimum atomic E-state index is 0.142. The fourth-order valence-corrected chi connectivity index (χ4v) is 2.52. The Balaban J connectivity index is 1.89. The Hall–Kier alpha value is -1.36. The number of ether oxygens (including phenoxy) is 1. The largest absolute Gasteiger partial charge is 0.475 e. The summed E-state index contributed by atoms with van der Waals surface area (Å²) >= 11 is 0. The molecule has 0 spiro atoms. The highest BCUT2D eigenvalue weighted by Crippen LogP contribution is 2.23. The summed E-state index contributed by atoms with van der Waals surface area (Å²) in [5.41, 5.74) is 0. The van der Waals surface area contributed by atoms with E-state index in [0.29, 0.717) is 5.88 Å². The summed E-state index contributed by atoms with van der Waals surface area (Å²) in [6.07, 6.45) is 4.18. The highest BCUT2D eigenvalue weighted by Gasteiger charge is 2.20. The van der Waals surface area contributed by atoms with Gasteiger partial charge in [-0.15, -0.1) is 0 Å². The van der Waals surface area contributed by atoms with Crippen LogP contribution in [0.4, 0.5) is 5.82 Å². The lowest BCUT2D eigenvalue weighted by Gasteiger charge is -2.32. The van der Waals surface area contributed by atoms with E-state index in [2.05, 4.69) is 27.1 Å². The van der Waals surface area contributed by atoms with Crippen LogP contribution in [0.3, 0.4) is 0 Å². The van der Waals surface area contributed by atoms with E-state index in [0.717, 1.165) is 37.9 Å². The molecule has 5 nitrogen and oxygen atoms in total. The van der Waals surface area contributed by atoms with Gasteiger partial charge in [0.2, 0.25) is 5.88 Å². The van der Waals surface area contributed by atoms with Gasteiger partial charge in [-0.05, 0) is 45.7 Å². The molecule has 1 aliphatic heterocycles. The molecule has 2 heterocycles. The van der Waals surface area contributed by atoms with Crippen LogP contribution in [0.1, 0.15) is 33.6 Å². The van der Waals surface area contributed by atoms with Gasteiger partial charge in [0.15, 0.2) is 0 Å². The second-order valence-electron chi connectivity index (χ2n) is 5.62. The zero-order valence-corrected chi connectivity index (χ0v) is 12.8.